The largest absolute Gasteiger partial charge is 0.465 e. The zero-order valence-electron chi connectivity index (χ0n) is 19.4. The summed E-state index contributed by atoms with van der Waals surface area (Å²) in [7, 11) is 1.35. The lowest BCUT2D eigenvalue weighted by Crippen LogP contribution is -2.37. The number of para-hydroxylation sites is 1. The van der Waals surface area contributed by atoms with Crippen molar-refractivity contribution in [3.05, 3.63) is 94.8 Å². The molecule has 1 fully saturated rings. The van der Waals surface area contributed by atoms with Crippen molar-refractivity contribution in [1.82, 2.24) is 4.90 Å². The van der Waals surface area contributed by atoms with E-state index in [1.165, 1.54) is 19.6 Å². The van der Waals surface area contributed by atoms with Gasteiger partial charge in [0, 0.05) is 18.7 Å². The Morgan fingerprint density at radius 2 is 1.65 bits per heavy atom. The van der Waals surface area contributed by atoms with Crippen molar-refractivity contribution in [2.24, 2.45) is 5.92 Å². The van der Waals surface area contributed by atoms with Crippen molar-refractivity contribution in [3.63, 3.8) is 0 Å². The van der Waals surface area contributed by atoms with Crippen LogP contribution in [0.4, 0.5) is 4.39 Å². The number of ether oxygens (including phenoxy) is 2. The van der Waals surface area contributed by atoms with Crippen molar-refractivity contribution in [2.45, 2.75) is 32.7 Å². The number of hydrogen-bond donors (Lipinski definition) is 0. The smallest absolute Gasteiger partial charge is 0.337 e. The number of nitrogens with zero attached hydrogens (tertiary/aromatic N) is 1. The molecule has 0 aromatic heterocycles. The van der Waals surface area contributed by atoms with Gasteiger partial charge in [0.2, 0.25) is 0 Å². The van der Waals surface area contributed by atoms with E-state index in [4.69, 9.17) is 9.47 Å². The fourth-order valence-corrected chi connectivity index (χ4v) is 4.00. The van der Waals surface area contributed by atoms with Crippen LogP contribution in [0.25, 0.3) is 0 Å². The summed E-state index contributed by atoms with van der Waals surface area (Å²) in [5, 5.41) is 0. The average Bonchev–Trinajstić information content (AvgIpc) is 2.83. The van der Waals surface area contributed by atoms with E-state index < -0.39 is 5.82 Å². The highest BCUT2D eigenvalue weighted by Gasteiger charge is 2.25. The minimum Gasteiger partial charge on any atom is -0.465 e. The lowest BCUT2D eigenvalue weighted by molar-refractivity contribution is 0.0599. The predicted octanol–water partition coefficient (Wildman–Crippen LogP) is 6.16. The van der Waals surface area contributed by atoms with Gasteiger partial charge < -0.3 is 14.4 Å². The van der Waals surface area contributed by atoms with Gasteiger partial charge in [-0.3, -0.25) is 4.79 Å². The lowest BCUT2D eigenvalue weighted by atomic mass is 9.85. The quantitative estimate of drug-likeness (QED) is 0.377. The van der Waals surface area contributed by atoms with E-state index in [1.807, 2.05) is 17.0 Å². The Labute approximate surface area is 199 Å². The first kappa shape index (κ1) is 23.5. The number of halogens is 1. The third-order valence-electron chi connectivity index (χ3n) is 6.22. The highest BCUT2D eigenvalue weighted by molar-refractivity contribution is 5.94. The van der Waals surface area contributed by atoms with Crippen molar-refractivity contribution >= 4 is 11.9 Å². The fraction of sp³-hybridized carbons (Fsp3) is 0.286. The van der Waals surface area contributed by atoms with Crippen LogP contribution >= 0.6 is 0 Å². The van der Waals surface area contributed by atoms with E-state index in [0.29, 0.717) is 41.4 Å². The SMILES string of the molecule is COC(=O)c1ccc(CN(CC2CCC2)C(=O)c2ccc(Oc3c(C)cccc3F)cc2)cc1. The van der Waals surface area contributed by atoms with Crippen LogP contribution in [-0.2, 0) is 11.3 Å². The van der Waals surface area contributed by atoms with Crippen molar-refractivity contribution < 1.29 is 23.5 Å². The highest BCUT2D eigenvalue weighted by Crippen LogP contribution is 2.30. The topological polar surface area (TPSA) is 55.8 Å². The molecular formula is C28H28FNO4. The summed E-state index contributed by atoms with van der Waals surface area (Å²) in [6.07, 6.45) is 3.45. The summed E-state index contributed by atoms with van der Waals surface area (Å²) in [5.74, 6) is 0.270. The monoisotopic (exact) mass is 461 g/mol. The number of methoxy groups -OCH3 is 1. The molecule has 0 saturated heterocycles. The molecule has 4 rings (SSSR count). The molecule has 0 heterocycles. The number of rotatable bonds is 8. The molecule has 0 N–H and O–H groups in total. The number of esters is 1. The maximum Gasteiger partial charge on any atom is 0.337 e. The van der Waals surface area contributed by atoms with Crippen LogP contribution in [-0.4, -0.2) is 30.4 Å². The molecule has 1 amide bonds. The molecule has 34 heavy (non-hydrogen) atoms. The van der Waals surface area contributed by atoms with Crippen molar-refractivity contribution in [3.8, 4) is 11.5 Å². The highest BCUT2D eigenvalue weighted by atomic mass is 19.1. The molecule has 0 atom stereocenters. The Kier molecular flexibility index (Phi) is 7.26. The van der Waals surface area contributed by atoms with Crippen LogP contribution in [0.2, 0.25) is 0 Å². The van der Waals surface area contributed by atoms with Gasteiger partial charge in [0.25, 0.3) is 5.91 Å². The molecule has 0 radical (unpaired) electrons. The second-order valence-electron chi connectivity index (χ2n) is 8.68. The first-order valence-corrected chi connectivity index (χ1v) is 11.4. The molecular weight excluding hydrogens is 433 g/mol. The Bertz CT molecular complexity index is 1130. The molecule has 5 nitrogen and oxygen atoms in total. The minimum atomic E-state index is -0.426. The first-order chi connectivity index (χ1) is 16.4. The molecule has 0 spiro atoms. The summed E-state index contributed by atoms with van der Waals surface area (Å²) in [4.78, 5) is 26.9. The van der Waals surface area contributed by atoms with Gasteiger partial charge in [0.05, 0.1) is 12.7 Å². The average molecular weight is 462 g/mol. The van der Waals surface area contributed by atoms with Gasteiger partial charge in [-0.1, -0.05) is 30.7 Å². The Balaban J connectivity index is 1.49. The lowest BCUT2D eigenvalue weighted by Gasteiger charge is -2.32. The molecule has 0 aliphatic heterocycles. The van der Waals surface area contributed by atoms with E-state index in [1.54, 1.807) is 55.5 Å². The Hall–Kier alpha value is -3.67. The summed E-state index contributed by atoms with van der Waals surface area (Å²) < 4.78 is 24.6. The number of carbonyl (C=O) groups is 2. The number of carbonyl (C=O) groups excluding carboxylic acids is 2. The summed E-state index contributed by atoms with van der Waals surface area (Å²) in [6.45, 7) is 2.92. The van der Waals surface area contributed by atoms with Gasteiger partial charge in [-0.05, 0) is 79.3 Å². The molecule has 1 aliphatic rings. The van der Waals surface area contributed by atoms with E-state index in [9.17, 15) is 14.0 Å². The van der Waals surface area contributed by atoms with Crippen LogP contribution in [0, 0.1) is 18.7 Å². The third-order valence-corrected chi connectivity index (χ3v) is 6.22. The van der Waals surface area contributed by atoms with Gasteiger partial charge in [-0.2, -0.15) is 0 Å². The number of amides is 1. The maximum atomic E-state index is 14.1. The number of aryl methyl sites for hydroxylation is 1. The second-order valence-corrected chi connectivity index (χ2v) is 8.68. The number of hydrogen-bond acceptors (Lipinski definition) is 4. The van der Waals surface area contributed by atoms with Gasteiger partial charge >= 0.3 is 5.97 Å². The van der Waals surface area contributed by atoms with Gasteiger partial charge in [-0.15, -0.1) is 0 Å². The van der Waals surface area contributed by atoms with E-state index >= 15 is 0 Å². The van der Waals surface area contributed by atoms with Gasteiger partial charge in [-0.25, -0.2) is 9.18 Å². The van der Waals surface area contributed by atoms with E-state index in [-0.39, 0.29) is 17.6 Å². The van der Waals surface area contributed by atoms with E-state index in [0.717, 1.165) is 18.4 Å². The summed E-state index contributed by atoms with van der Waals surface area (Å²) in [6, 6.07) is 18.7. The first-order valence-electron chi connectivity index (χ1n) is 11.4. The fourth-order valence-electron chi connectivity index (χ4n) is 4.00. The second kappa shape index (κ2) is 10.5. The predicted molar refractivity (Wildman–Crippen MR) is 128 cm³/mol. The molecule has 176 valence electrons. The molecule has 1 aliphatic carbocycles. The number of benzene rings is 3. The van der Waals surface area contributed by atoms with Crippen LogP contribution in [0.3, 0.4) is 0 Å². The molecule has 3 aromatic carbocycles. The summed E-state index contributed by atoms with van der Waals surface area (Å²) >= 11 is 0. The van der Waals surface area contributed by atoms with Crippen molar-refractivity contribution in [1.29, 1.82) is 0 Å². The van der Waals surface area contributed by atoms with Crippen LogP contribution < -0.4 is 4.74 Å². The zero-order valence-corrected chi connectivity index (χ0v) is 19.4. The molecule has 3 aromatic rings. The Morgan fingerprint density at radius 1 is 0.971 bits per heavy atom. The summed E-state index contributed by atoms with van der Waals surface area (Å²) in [5.41, 5.74) is 2.66. The van der Waals surface area contributed by atoms with E-state index in [2.05, 4.69) is 0 Å². The molecule has 0 unspecified atom stereocenters. The zero-order chi connectivity index (χ0) is 24.1. The minimum absolute atomic E-state index is 0.0717. The van der Waals surface area contributed by atoms with Crippen LogP contribution in [0.5, 0.6) is 11.5 Å². The molecule has 6 heteroatoms. The molecule has 1 saturated carbocycles. The maximum absolute atomic E-state index is 14.1. The standard InChI is InChI=1S/C28H28FNO4/c1-19-5-3-8-25(29)26(19)34-24-15-13-22(14-16-24)27(31)30(17-20-6-4-7-20)18-21-9-11-23(12-10-21)28(32)33-2/h3,5,8-16,20H,4,6-7,17-18H2,1-2H3. The van der Waals surface area contributed by atoms with Gasteiger partial charge in [0.15, 0.2) is 11.6 Å². The third kappa shape index (κ3) is 5.45. The van der Waals surface area contributed by atoms with Crippen LogP contribution in [0.1, 0.15) is 51.1 Å². The molecule has 0 bridgehead atoms. The van der Waals surface area contributed by atoms with Crippen LogP contribution in [0.15, 0.2) is 66.7 Å². The van der Waals surface area contributed by atoms with Gasteiger partial charge in [0.1, 0.15) is 5.75 Å². The Morgan fingerprint density at radius 3 is 2.24 bits per heavy atom. The normalized spacial score (nSPS) is 13.1. The van der Waals surface area contributed by atoms with Crippen molar-refractivity contribution in [2.75, 3.05) is 13.7 Å².